The Hall–Kier alpha value is -2.96. The van der Waals surface area contributed by atoms with Gasteiger partial charge < -0.3 is 4.42 Å². The molecule has 0 fully saturated rings. The fraction of sp³-hybridized carbons (Fsp3) is 0.250. The second kappa shape index (κ2) is 6.43. The van der Waals surface area contributed by atoms with E-state index in [1.54, 1.807) is 24.0 Å². The number of aryl methyl sites for hydroxylation is 2. The number of carbonyl (C=O) groups excluding carboxylic acids is 1. The van der Waals surface area contributed by atoms with Gasteiger partial charge in [0.1, 0.15) is 5.69 Å². The highest BCUT2D eigenvalue weighted by Crippen LogP contribution is 2.17. The Kier molecular flexibility index (Phi) is 4.18. The Morgan fingerprint density at radius 3 is 2.57 bits per heavy atom. The van der Waals surface area contributed by atoms with Gasteiger partial charge in [-0.2, -0.15) is 5.10 Å². The third-order valence-electron chi connectivity index (χ3n) is 3.40. The number of aromatic nitrogens is 4. The Morgan fingerprint density at radius 2 is 1.91 bits per heavy atom. The summed E-state index contributed by atoms with van der Waals surface area (Å²) in [5, 5.41) is 14.5. The molecule has 0 radical (unpaired) electrons. The maximum absolute atomic E-state index is 12.0. The summed E-state index contributed by atoms with van der Waals surface area (Å²) in [4.78, 5) is 12.0. The van der Waals surface area contributed by atoms with Crippen LogP contribution in [0.1, 0.15) is 18.1 Å². The van der Waals surface area contributed by atoms with Crippen molar-refractivity contribution in [1.29, 1.82) is 0 Å². The van der Waals surface area contributed by atoms with Gasteiger partial charge in [0.2, 0.25) is 5.91 Å². The maximum atomic E-state index is 12.0. The lowest BCUT2D eigenvalue weighted by Crippen LogP contribution is -2.14. The number of hydrogen-bond acceptors (Lipinski definition) is 5. The molecule has 0 bridgehead atoms. The number of nitrogens with zero attached hydrogens (tertiary/aromatic N) is 4. The summed E-state index contributed by atoms with van der Waals surface area (Å²) < 4.78 is 7.03. The summed E-state index contributed by atoms with van der Waals surface area (Å²) in [7, 11) is 1.80. The quantitative estimate of drug-likeness (QED) is 0.780. The third-order valence-corrected chi connectivity index (χ3v) is 3.40. The van der Waals surface area contributed by atoms with Gasteiger partial charge in [-0.25, -0.2) is 0 Å². The zero-order valence-corrected chi connectivity index (χ0v) is 13.0. The van der Waals surface area contributed by atoms with Crippen LogP contribution >= 0.6 is 0 Å². The molecule has 0 atom stereocenters. The second-order valence-electron chi connectivity index (χ2n) is 5.18. The lowest BCUT2D eigenvalue weighted by atomic mass is 10.1. The van der Waals surface area contributed by atoms with E-state index in [2.05, 4.69) is 27.5 Å². The Morgan fingerprint density at radius 1 is 1.17 bits per heavy atom. The Balaban J connectivity index is 1.62. The molecule has 0 saturated heterocycles. The zero-order chi connectivity index (χ0) is 16.2. The van der Waals surface area contributed by atoms with Crippen LogP contribution in [0.3, 0.4) is 0 Å². The van der Waals surface area contributed by atoms with Crippen LogP contribution in [0, 0.1) is 0 Å². The largest absolute Gasteiger partial charge is 0.401 e. The van der Waals surface area contributed by atoms with Gasteiger partial charge in [-0.15, -0.1) is 5.10 Å². The normalized spacial score (nSPS) is 10.7. The minimum Gasteiger partial charge on any atom is -0.401 e. The molecule has 0 aliphatic carbocycles. The molecule has 3 aromatic rings. The van der Waals surface area contributed by atoms with Gasteiger partial charge in [0, 0.05) is 13.2 Å². The van der Waals surface area contributed by atoms with Crippen LogP contribution in [0.25, 0.3) is 11.6 Å². The van der Waals surface area contributed by atoms with Gasteiger partial charge in [-0.1, -0.05) is 36.3 Å². The van der Waals surface area contributed by atoms with Gasteiger partial charge in [-0.05, 0) is 23.6 Å². The number of nitrogens with one attached hydrogen (secondary N) is 1. The van der Waals surface area contributed by atoms with E-state index < -0.39 is 0 Å². The minimum absolute atomic E-state index is 0.0702. The van der Waals surface area contributed by atoms with Crippen LogP contribution in [0.5, 0.6) is 0 Å². The molecule has 0 spiro atoms. The first-order valence-electron chi connectivity index (χ1n) is 7.35. The van der Waals surface area contributed by atoms with Crippen LogP contribution in [0.15, 0.2) is 40.9 Å². The number of carbonyl (C=O) groups is 1. The van der Waals surface area contributed by atoms with Crippen LogP contribution in [-0.2, 0) is 24.7 Å². The molecule has 2 aromatic heterocycles. The molecule has 1 aromatic carbocycles. The SMILES string of the molecule is CCc1ccc(CC(=O)Nc2nnc(-c3ccn(C)n3)o2)cc1. The van der Waals surface area contributed by atoms with E-state index in [1.165, 1.54) is 5.56 Å². The summed E-state index contributed by atoms with van der Waals surface area (Å²) in [5.74, 6) is 0.0682. The van der Waals surface area contributed by atoms with Crippen LogP contribution in [0.2, 0.25) is 0 Å². The van der Waals surface area contributed by atoms with Gasteiger partial charge >= 0.3 is 6.01 Å². The lowest BCUT2D eigenvalue weighted by Gasteiger charge is -2.02. The van der Waals surface area contributed by atoms with E-state index in [0.717, 1.165) is 12.0 Å². The first-order chi connectivity index (χ1) is 11.1. The van der Waals surface area contributed by atoms with E-state index in [0.29, 0.717) is 5.69 Å². The monoisotopic (exact) mass is 311 g/mol. The Labute approximate surface area is 133 Å². The van der Waals surface area contributed by atoms with Gasteiger partial charge in [0.05, 0.1) is 6.42 Å². The molecular weight excluding hydrogens is 294 g/mol. The summed E-state index contributed by atoms with van der Waals surface area (Å²) >= 11 is 0. The zero-order valence-electron chi connectivity index (χ0n) is 13.0. The molecule has 7 nitrogen and oxygen atoms in total. The molecule has 3 rings (SSSR count). The van der Waals surface area contributed by atoms with Crippen molar-refractivity contribution in [2.45, 2.75) is 19.8 Å². The highest BCUT2D eigenvalue weighted by atomic mass is 16.4. The van der Waals surface area contributed by atoms with E-state index >= 15 is 0 Å². The maximum Gasteiger partial charge on any atom is 0.322 e. The molecule has 118 valence electrons. The minimum atomic E-state index is -0.203. The number of hydrogen-bond donors (Lipinski definition) is 1. The molecule has 23 heavy (non-hydrogen) atoms. The summed E-state index contributed by atoms with van der Waals surface area (Å²) in [6.45, 7) is 2.09. The van der Waals surface area contributed by atoms with E-state index in [-0.39, 0.29) is 24.2 Å². The van der Waals surface area contributed by atoms with Gasteiger partial charge in [0.25, 0.3) is 5.89 Å². The average molecular weight is 311 g/mol. The fourth-order valence-corrected chi connectivity index (χ4v) is 2.15. The standard InChI is InChI=1S/C16H17N5O2/c1-3-11-4-6-12(7-5-11)10-14(22)17-16-19-18-15(23-16)13-8-9-21(2)20-13/h4-9H,3,10H2,1-2H3,(H,17,19,22). The molecule has 0 aliphatic rings. The van der Waals surface area contributed by atoms with Crippen molar-refractivity contribution in [2.75, 3.05) is 5.32 Å². The topological polar surface area (TPSA) is 85.8 Å². The van der Waals surface area contributed by atoms with Crippen LogP contribution < -0.4 is 5.32 Å². The number of benzene rings is 1. The van der Waals surface area contributed by atoms with Crippen LogP contribution in [0.4, 0.5) is 6.01 Å². The highest BCUT2D eigenvalue weighted by molar-refractivity contribution is 5.90. The first-order valence-corrected chi connectivity index (χ1v) is 7.35. The van der Waals surface area contributed by atoms with E-state index in [4.69, 9.17) is 4.42 Å². The van der Waals surface area contributed by atoms with Crippen molar-refractivity contribution in [3.63, 3.8) is 0 Å². The first kappa shape index (κ1) is 15.0. The summed E-state index contributed by atoms with van der Waals surface area (Å²) in [6, 6.07) is 9.77. The van der Waals surface area contributed by atoms with Gasteiger partial charge in [0.15, 0.2) is 0 Å². The van der Waals surface area contributed by atoms with E-state index in [1.807, 2.05) is 24.3 Å². The predicted molar refractivity (Wildman–Crippen MR) is 84.7 cm³/mol. The summed E-state index contributed by atoms with van der Waals surface area (Å²) in [6.07, 6.45) is 3.01. The molecular formula is C16H17N5O2. The smallest absolute Gasteiger partial charge is 0.322 e. The van der Waals surface area contributed by atoms with Crippen molar-refractivity contribution >= 4 is 11.9 Å². The number of rotatable bonds is 5. The molecule has 1 N–H and O–H groups in total. The van der Waals surface area contributed by atoms with Crippen molar-refractivity contribution < 1.29 is 9.21 Å². The molecule has 0 saturated carbocycles. The van der Waals surface area contributed by atoms with Crippen LogP contribution in [-0.4, -0.2) is 25.9 Å². The molecule has 0 unspecified atom stereocenters. The fourth-order valence-electron chi connectivity index (χ4n) is 2.15. The predicted octanol–water partition coefficient (Wildman–Crippen LogP) is 2.21. The second-order valence-corrected chi connectivity index (χ2v) is 5.18. The number of anilines is 1. The van der Waals surface area contributed by atoms with Crippen molar-refractivity contribution in [3.05, 3.63) is 47.7 Å². The molecule has 1 amide bonds. The van der Waals surface area contributed by atoms with Gasteiger partial charge in [-0.3, -0.25) is 14.8 Å². The van der Waals surface area contributed by atoms with Crippen molar-refractivity contribution in [3.8, 4) is 11.6 Å². The average Bonchev–Trinajstić information content (AvgIpc) is 3.17. The Bertz CT molecular complexity index is 804. The highest BCUT2D eigenvalue weighted by Gasteiger charge is 2.13. The molecule has 0 aliphatic heterocycles. The van der Waals surface area contributed by atoms with Crippen molar-refractivity contribution in [2.24, 2.45) is 7.05 Å². The molecule has 7 heteroatoms. The lowest BCUT2D eigenvalue weighted by molar-refractivity contribution is -0.115. The van der Waals surface area contributed by atoms with Crippen molar-refractivity contribution in [1.82, 2.24) is 20.0 Å². The molecule has 2 heterocycles. The summed E-state index contributed by atoms with van der Waals surface area (Å²) in [5.41, 5.74) is 2.74. The number of amides is 1. The van der Waals surface area contributed by atoms with E-state index in [9.17, 15) is 4.79 Å². The third kappa shape index (κ3) is 3.63.